The van der Waals surface area contributed by atoms with E-state index in [1.807, 2.05) is 59.5 Å². The molecular weight excluding hydrogens is 488 g/mol. The van der Waals surface area contributed by atoms with Crippen molar-refractivity contribution in [2.45, 2.75) is 39.2 Å². The number of carbonyl (C=O) groups is 2. The van der Waals surface area contributed by atoms with Crippen LogP contribution in [-0.4, -0.2) is 41.2 Å². The quantitative estimate of drug-likeness (QED) is 0.247. The third kappa shape index (κ3) is 5.44. The van der Waals surface area contributed by atoms with Crippen LogP contribution in [0.3, 0.4) is 0 Å². The third-order valence-electron chi connectivity index (χ3n) is 7.40. The van der Waals surface area contributed by atoms with Crippen LogP contribution in [0.2, 0.25) is 0 Å². The zero-order valence-electron chi connectivity index (χ0n) is 22.1. The average Bonchev–Trinajstić information content (AvgIpc) is 3.44. The average molecular weight is 523 g/mol. The van der Waals surface area contributed by atoms with Gasteiger partial charge < -0.3 is 9.80 Å². The number of aryl methyl sites for hydroxylation is 1. The van der Waals surface area contributed by atoms with Crippen molar-refractivity contribution in [3.63, 3.8) is 0 Å². The molecule has 194 valence electrons. The minimum atomic E-state index is -0.119. The Morgan fingerprint density at radius 2 is 1.61 bits per heavy atom. The summed E-state index contributed by atoms with van der Waals surface area (Å²) < 4.78 is 0. The van der Waals surface area contributed by atoms with Gasteiger partial charge in [-0.3, -0.25) is 9.59 Å². The molecule has 4 nitrogen and oxygen atoms in total. The van der Waals surface area contributed by atoms with Gasteiger partial charge >= 0.3 is 0 Å². The van der Waals surface area contributed by atoms with Crippen LogP contribution in [-0.2, 0) is 11.2 Å². The molecule has 0 aliphatic carbocycles. The number of fused-ring (bicyclic) bond motifs is 1. The molecular formula is C33H34N2O2S. The minimum Gasteiger partial charge on any atom is -0.330 e. The second-order valence-electron chi connectivity index (χ2n) is 9.92. The monoisotopic (exact) mass is 522 g/mol. The van der Waals surface area contributed by atoms with Crippen molar-refractivity contribution in [3.8, 4) is 11.1 Å². The molecule has 1 aliphatic heterocycles. The van der Waals surface area contributed by atoms with E-state index in [-0.39, 0.29) is 24.4 Å². The Bertz CT molecular complexity index is 1390. The maximum Gasteiger partial charge on any atom is 0.254 e. The lowest BCUT2D eigenvalue weighted by molar-refractivity contribution is -0.134. The van der Waals surface area contributed by atoms with Gasteiger partial charge in [-0.2, -0.15) is 0 Å². The Balaban J connectivity index is 1.39. The number of carbonyl (C=O) groups excluding carboxylic acids is 2. The molecule has 2 amide bonds. The number of hydrogen-bond acceptors (Lipinski definition) is 3. The van der Waals surface area contributed by atoms with Gasteiger partial charge in [0, 0.05) is 23.5 Å². The topological polar surface area (TPSA) is 40.6 Å². The number of amides is 2. The zero-order chi connectivity index (χ0) is 26.5. The summed E-state index contributed by atoms with van der Waals surface area (Å²) in [6.07, 6.45) is 2.67. The molecule has 0 saturated heterocycles. The summed E-state index contributed by atoms with van der Waals surface area (Å²) >= 11 is 1.77. The van der Waals surface area contributed by atoms with Gasteiger partial charge in [0.05, 0.1) is 6.04 Å². The molecule has 1 unspecified atom stereocenters. The Morgan fingerprint density at radius 3 is 2.34 bits per heavy atom. The van der Waals surface area contributed by atoms with Gasteiger partial charge in [-0.05, 0) is 71.2 Å². The third-order valence-corrected chi connectivity index (χ3v) is 8.40. The maximum atomic E-state index is 13.9. The zero-order valence-corrected chi connectivity index (χ0v) is 22.9. The predicted molar refractivity (Wildman–Crippen MR) is 155 cm³/mol. The lowest BCUT2D eigenvalue weighted by Gasteiger charge is -2.38. The van der Waals surface area contributed by atoms with E-state index < -0.39 is 0 Å². The van der Waals surface area contributed by atoms with Crippen molar-refractivity contribution in [1.29, 1.82) is 0 Å². The molecule has 5 rings (SSSR count). The van der Waals surface area contributed by atoms with Gasteiger partial charge in [-0.25, -0.2) is 0 Å². The first-order valence-corrected chi connectivity index (χ1v) is 14.3. The summed E-state index contributed by atoms with van der Waals surface area (Å²) in [7, 11) is 0. The Hall–Kier alpha value is -3.70. The summed E-state index contributed by atoms with van der Waals surface area (Å²) in [5.74, 6) is -0.0902. The second-order valence-corrected chi connectivity index (χ2v) is 10.9. The van der Waals surface area contributed by atoms with Crippen LogP contribution in [0.15, 0.2) is 90.3 Å². The smallest absolute Gasteiger partial charge is 0.254 e. The molecule has 0 radical (unpaired) electrons. The van der Waals surface area contributed by atoms with Crippen molar-refractivity contribution in [1.82, 2.24) is 9.80 Å². The normalized spacial score (nSPS) is 14.7. The largest absolute Gasteiger partial charge is 0.330 e. The van der Waals surface area contributed by atoms with Crippen LogP contribution in [0.5, 0.6) is 0 Å². The van der Waals surface area contributed by atoms with E-state index in [2.05, 4.69) is 49.6 Å². The molecule has 5 heteroatoms. The summed E-state index contributed by atoms with van der Waals surface area (Å²) in [4.78, 5) is 32.6. The van der Waals surface area contributed by atoms with E-state index >= 15 is 0 Å². The van der Waals surface area contributed by atoms with Crippen LogP contribution in [0, 0.1) is 6.92 Å². The maximum absolute atomic E-state index is 13.9. The predicted octanol–water partition coefficient (Wildman–Crippen LogP) is 7.14. The SMILES string of the molecule is CCCCN(CC(=O)N1CCc2sccc2C1c1ccccc1C)C(=O)c1ccc(-c2ccccc2)cc1. The van der Waals surface area contributed by atoms with Crippen LogP contribution in [0.1, 0.15) is 57.7 Å². The molecule has 2 heterocycles. The first-order valence-electron chi connectivity index (χ1n) is 13.4. The lowest BCUT2D eigenvalue weighted by Crippen LogP contribution is -2.47. The highest BCUT2D eigenvalue weighted by molar-refractivity contribution is 7.10. The number of rotatable bonds is 8. The number of thiophene rings is 1. The molecule has 0 spiro atoms. The van der Waals surface area contributed by atoms with Gasteiger partial charge in [-0.15, -0.1) is 11.3 Å². The Labute approximate surface area is 229 Å². The van der Waals surface area contributed by atoms with E-state index in [4.69, 9.17) is 0 Å². The number of hydrogen-bond donors (Lipinski definition) is 0. The summed E-state index contributed by atoms with van der Waals surface area (Å²) in [6.45, 7) is 5.52. The van der Waals surface area contributed by atoms with Crippen molar-refractivity contribution < 1.29 is 9.59 Å². The fraction of sp³-hybridized carbons (Fsp3) is 0.273. The van der Waals surface area contributed by atoms with Crippen molar-refractivity contribution >= 4 is 23.2 Å². The van der Waals surface area contributed by atoms with Gasteiger partial charge in [0.1, 0.15) is 6.54 Å². The molecule has 0 N–H and O–H groups in total. The molecule has 0 saturated carbocycles. The Kier molecular flexibility index (Phi) is 8.04. The molecule has 38 heavy (non-hydrogen) atoms. The standard InChI is InChI=1S/C33H34N2O2S/c1-3-4-20-34(33(37)27-16-14-26(15-17-27)25-11-6-5-7-12-25)23-31(36)35-21-18-30-29(19-22-38-30)32(35)28-13-9-8-10-24(28)2/h5-17,19,22,32H,3-4,18,20-21,23H2,1-2H3. The molecule has 3 aromatic carbocycles. The minimum absolute atomic E-state index is 0.000428. The molecule has 1 aromatic heterocycles. The molecule has 4 aromatic rings. The summed E-state index contributed by atoms with van der Waals surface area (Å²) in [5.41, 5.74) is 6.34. The summed E-state index contributed by atoms with van der Waals surface area (Å²) in [6, 6.07) is 28.2. The van der Waals surface area contributed by atoms with Gasteiger partial charge in [-0.1, -0.05) is 80.1 Å². The Morgan fingerprint density at radius 1 is 0.895 bits per heavy atom. The van der Waals surface area contributed by atoms with Gasteiger partial charge in [0.15, 0.2) is 0 Å². The van der Waals surface area contributed by atoms with E-state index in [9.17, 15) is 9.59 Å². The van der Waals surface area contributed by atoms with Crippen molar-refractivity contribution in [3.05, 3.63) is 117 Å². The first kappa shape index (κ1) is 25.9. The van der Waals surface area contributed by atoms with E-state index in [0.717, 1.165) is 36.0 Å². The molecule has 1 aliphatic rings. The van der Waals surface area contributed by atoms with Crippen LogP contribution in [0.4, 0.5) is 0 Å². The fourth-order valence-electron chi connectivity index (χ4n) is 5.29. The molecule has 0 bridgehead atoms. The number of unbranched alkanes of at least 4 members (excludes halogenated alkanes) is 1. The molecule has 0 fully saturated rings. The number of nitrogens with zero attached hydrogens (tertiary/aromatic N) is 2. The van der Waals surface area contributed by atoms with E-state index in [1.54, 1.807) is 16.2 Å². The molecule has 1 atom stereocenters. The number of benzene rings is 3. The van der Waals surface area contributed by atoms with Crippen molar-refractivity contribution in [2.24, 2.45) is 0 Å². The highest BCUT2D eigenvalue weighted by Crippen LogP contribution is 2.39. The highest BCUT2D eigenvalue weighted by atomic mass is 32.1. The van der Waals surface area contributed by atoms with E-state index in [0.29, 0.717) is 18.7 Å². The van der Waals surface area contributed by atoms with Gasteiger partial charge in [0.2, 0.25) is 5.91 Å². The van der Waals surface area contributed by atoms with Crippen LogP contribution < -0.4 is 0 Å². The lowest BCUT2D eigenvalue weighted by atomic mass is 9.90. The fourth-order valence-corrected chi connectivity index (χ4v) is 6.19. The van der Waals surface area contributed by atoms with Crippen LogP contribution >= 0.6 is 11.3 Å². The highest BCUT2D eigenvalue weighted by Gasteiger charge is 2.34. The van der Waals surface area contributed by atoms with E-state index in [1.165, 1.54) is 16.0 Å². The summed E-state index contributed by atoms with van der Waals surface area (Å²) in [5, 5.41) is 2.13. The van der Waals surface area contributed by atoms with Crippen molar-refractivity contribution in [2.75, 3.05) is 19.6 Å². The first-order chi connectivity index (χ1) is 18.6. The second kappa shape index (κ2) is 11.8. The van der Waals surface area contributed by atoms with Gasteiger partial charge in [0.25, 0.3) is 5.91 Å². The van der Waals surface area contributed by atoms with Crippen LogP contribution in [0.25, 0.3) is 11.1 Å².